The number of carbonyl (C=O) groups is 2. The summed E-state index contributed by atoms with van der Waals surface area (Å²) in [6.07, 6.45) is 4.74. The Balaban J connectivity index is 3.08. The summed E-state index contributed by atoms with van der Waals surface area (Å²) < 4.78 is 0. The van der Waals surface area contributed by atoms with Crippen molar-refractivity contribution in [2.45, 2.75) is 13.8 Å². The number of hydrogen-bond donors (Lipinski definition) is 2. The molecule has 2 atom stereocenters. The van der Waals surface area contributed by atoms with Crippen LogP contribution in [-0.4, -0.2) is 22.2 Å². The van der Waals surface area contributed by atoms with Gasteiger partial charge >= 0.3 is 11.9 Å². The lowest BCUT2D eigenvalue weighted by molar-refractivity contribution is -0.150. The predicted molar refractivity (Wildman–Crippen MR) is 54.3 cm³/mol. The number of carboxylic acids is 2. The van der Waals surface area contributed by atoms with Gasteiger partial charge in [-0.1, -0.05) is 37.6 Å². The minimum Gasteiger partial charge on any atom is -0.481 e. The van der Waals surface area contributed by atoms with Crippen molar-refractivity contribution in [3.05, 3.63) is 23.8 Å². The highest BCUT2D eigenvalue weighted by molar-refractivity contribution is 5.84. The van der Waals surface area contributed by atoms with Gasteiger partial charge in [-0.3, -0.25) is 9.59 Å². The Morgan fingerprint density at radius 2 is 1.87 bits per heavy atom. The fourth-order valence-corrected chi connectivity index (χ4v) is 1.78. The van der Waals surface area contributed by atoms with Crippen molar-refractivity contribution in [1.82, 2.24) is 0 Å². The van der Waals surface area contributed by atoms with Gasteiger partial charge in [0.05, 0.1) is 11.8 Å². The van der Waals surface area contributed by atoms with Crippen molar-refractivity contribution in [1.29, 1.82) is 0 Å². The summed E-state index contributed by atoms with van der Waals surface area (Å²) in [4.78, 5) is 21.9. The summed E-state index contributed by atoms with van der Waals surface area (Å²) in [5.74, 6) is -4.02. The van der Waals surface area contributed by atoms with Gasteiger partial charge in [-0.15, -0.1) is 0 Å². The van der Waals surface area contributed by atoms with Crippen LogP contribution in [0.1, 0.15) is 13.8 Å². The van der Waals surface area contributed by atoms with Crippen molar-refractivity contribution >= 4 is 11.9 Å². The summed E-state index contributed by atoms with van der Waals surface area (Å²) in [5, 5.41) is 18.0. The van der Waals surface area contributed by atoms with Gasteiger partial charge in [0.25, 0.3) is 0 Å². The lowest BCUT2D eigenvalue weighted by Gasteiger charge is -2.25. The average Bonchev–Trinajstić information content (AvgIpc) is 2.16. The molecule has 0 aromatic carbocycles. The molecule has 0 spiro atoms. The molecule has 82 valence electrons. The Bertz CT molecular complexity index is 338. The first-order valence-corrected chi connectivity index (χ1v) is 4.79. The van der Waals surface area contributed by atoms with Crippen molar-refractivity contribution in [2.24, 2.45) is 17.8 Å². The van der Waals surface area contributed by atoms with E-state index in [0.717, 1.165) is 0 Å². The Morgan fingerprint density at radius 3 is 2.27 bits per heavy atom. The molecule has 0 saturated heterocycles. The molecule has 4 heteroatoms. The van der Waals surface area contributed by atoms with E-state index in [9.17, 15) is 9.59 Å². The lowest BCUT2D eigenvalue weighted by Crippen LogP contribution is -2.32. The summed E-state index contributed by atoms with van der Waals surface area (Å²) in [5.41, 5.74) is 0.664. The summed E-state index contributed by atoms with van der Waals surface area (Å²) in [6.45, 7) is 3.72. The highest BCUT2D eigenvalue weighted by Crippen LogP contribution is 2.31. The Morgan fingerprint density at radius 1 is 1.27 bits per heavy atom. The molecule has 0 saturated carbocycles. The lowest BCUT2D eigenvalue weighted by atomic mass is 9.78. The van der Waals surface area contributed by atoms with Crippen LogP contribution in [0.15, 0.2) is 23.8 Å². The first-order valence-electron chi connectivity index (χ1n) is 4.79. The molecule has 0 fully saturated rings. The minimum atomic E-state index is -1.09. The molecule has 0 aliphatic heterocycles. The van der Waals surface area contributed by atoms with Crippen molar-refractivity contribution in [2.75, 3.05) is 0 Å². The molecule has 1 aliphatic rings. The van der Waals surface area contributed by atoms with E-state index in [4.69, 9.17) is 10.2 Å². The number of aliphatic carboxylic acids is 2. The number of hydrogen-bond acceptors (Lipinski definition) is 2. The molecule has 4 nitrogen and oxygen atoms in total. The number of carboxylic acid groups (broad SMARTS) is 2. The van der Waals surface area contributed by atoms with Crippen molar-refractivity contribution in [3.8, 4) is 0 Å². The standard InChI is InChI=1S/C11H14O4/c1-6(2)7-4-3-5-8(10(12)13)9(7)11(14)15/h3-6,8-9H,1-2H3,(H,12,13)(H,14,15). The molecule has 1 rings (SSSR count). The van der Waals surface area contributed by atoms with Crippen LogP contribution in [0, 0.1) is 17.8 Å². The van der Waals surface area contributed by atoms with Crippen LogP contribution in [0.2, 0.25) is 0 Å². The van der Waals surface area contributed by atoms with E-state index in [1.54, 1.807) is 12.2 Å². The quantitative estimate of drug-likeness (QED) is 0.740. The molecule has 2 unspecified atom stereocenters. The maximum absolute atomic E-state index is 11.0. The van der Waals surface area contributed by atoms with E-state index in [-0.39, 0.29) is 5.92 Å². The zero-order chi connectivity index (χ0) is 11.6. The van der Waals surface area contributed by atoms with Crippen LogP contribution >= 0.6 is 0 Å². The maximum Gasteiger partial charge on any atom is 0.311 e. The third kappa shape index (κ3) is 2.26. The fraction of sp³-hybridized carbons (Fsp3) is 0.455. The Labute approximate surface area is 87.9 Å². The molecule has 0 radical (unpaired) electrons. The highest BCUT2D eigenvalue weighted by atomic mass is 16.4. The molecule has 15 heavy (non-hydrogen) atoms. The van der Waals surface area contributed by atoms with Gasteiger partial charge in [0.2, 0.25) is 0 Å². The average molecular weight is 210 g/mol. The third-order valence-electron chi connectivity index (χ3n) is 2.54. The van der Waals surface area contributed by atoms with E-state index < -0.39 is 23.8 Å². The van der Waals surface area contributed by atoms with E-state index in [1.165, 1.54) is 6.08 Å². The SMILES string of the molecule is CC(C)C1=CC=CC(C(=O)O)C1C(=O)O. The zero-order valence-electron chi connectivity index (χ0n) is 8.68. The first kappa shape index (κ1) is 11.5. The molecule has 0 bridgehead atoms. The predicted octanol–water partition coefficient (Wildman–Crippen LogP) is 1.54. The Kier molecular flexibility index (Phi) is 3.29. The highest BCUT2D eigenvalue weighted by Gasteiger charge is 2.36. The largest absolute Gasteiger partial charge is 0.481 e. The topological polar surface area (TPSA) is 74.6 Å². The molecular formula is C11H14O4. The van der Waals surface area contributed by atoms with Crippen LogP contribution in [0.4, 0.5) is 0 Å². The van der Waals surface area contributed by atoms with Gasteiger partial charge in [0.1, 0.15) is 0 Å². The van der Waals surface area contributed by atoms with Gasteiger partial charge in [0, 0.05) is 0 Å². The van der Waals surface area contributed by atoms with Crippen molar-refractivity contribution in [3.63, 3.8) is 0 Å². The Hall–Kier alpha value is -1.58. The summed E-state index contributed by atoms with van der Waals surface area (Å²) in [6, 6.07) is 0. The molecule has 0 aromatic heterocycles. The van der Waals surface area contributed by atoms with E-state index in [1.807, 2.05) is 13.8 Å². The van der Waals surface area contributed by atoms with Gasteiger partial charge in [0.15, 0.2) is 0 Å². The zero-order valence-corrected chi connectivity index (χ0v) is 8.68. The monoisotopic (exact) mass is 210 g/mol. The minimum absolute atomic E-state index is 0.0397. The van der Waals surface area contributed by atoms with Gasteiger partial charge < -0.3 is 10.2 Å². The van der Waals surface area contributed by atoms with Crippen LogP contribution in [0.3, 0.4) is 0 Å². The van der Waals surface area contributed by atoms with E-state index in [2.05, 4.69) is 0 Å². The van der Waals surface area contributed by atoms with Gasteiger partial charge in [-0.05, 0) is 5.92 Å². The third-order valence-corrected chi connectivity index (χ3v) is 2.54. The second-order valence-electron chi connectivity index (χ2n) is 3.89. The normalized spacial score (nSPS) is 25.1. The van der Waals surface area contributed by atoms with E-state index in [0.29, 0.717) is 5.57 Å². The van der Waals surface area contributed by atoms with Crippen molar-refractivity contribution < 1.29 is 19.8 Å². The molecule has 0 amide bonds. The van der Waals surface area contributed by atoms with Crippen LogP contribution in [0.25, 0.3) is 0 Å². The van der Waals surface area contributed by atoms with Crippen LogP contribution < -0.4 is 0 Å². The van der Waals surface area contributed by atoms with Gasteiger partial charge in [-0.25, -0.2) is 0 Å². The molecule has 0 heterocycles. The molecule has 0 aromatic rings. The number of rotatable bonds is 3. The molecule has 2 N–H and O–H groups in total. The smallest absolute Gasteiger partial charge is 0.311 e. The fourth-order valence-electron chi connectivity index (χ4n) is 1.78. The maximum atomic E-state index is 11.0. The summed E-state index contributed by atoms with van der Waals surface area (Å²) in [7, 11) is 0. The van der Waals surface area contributed by atoms with Crippen LogP contribution in [0.5, 0.6) is 0 Å². The molecule has 1 aliphatic carbocycles. The second kappa shape index (κ2) is 4.29. The van der Waals surface area contributed by atoms with E-state index >= 15 is 0 Å². The second-order valence-corrected chi connectivity index (χ2v) is 3.89. The summed E-state index contributed by atoms with van der Waals surface area (Å²) >= 11 is 0. The first-order chi connectivity index (χ1) is 6.95. The number of allylic oxidation sites excluding steroid dienone is 2. The van der Waals surface area contributed by atoms with Crippen LogP contribution in [-0.2, 0) is 9.59 Å². The van der Waals surface area contributed by atoms with Gasteiger partial charge in [-0.2, -0.15) is 0 Å². The molecular weight excluding hydrogens is 196 g/mol.